The van der Waals surface area contributed by atoms with Crippen molar-refractivity contribution in [1.82, 2.24) is 10.2 Å². The molecule has 7 N–H and O–H groups in total. The molecular formula is C31H54N5O3+. The zero-order valence-corrected chi connectivity index (χ0v) is 24.9. The highest BCUT2D eigenvalue weighted by molar-refractivity contribution is 5.97. The van der Waals surface area contributed by atoms with Crippen LogP contribution in [0.5, 0.6) is 0 Å². The van der Waals surface area contributed by atoms with Crippen LogP contribution in [0.4, 0.5) is 0 Å². The third-order valence-electron chi connectivity index (χ3n) is 5.18. The van der Waals surface area contributed by atoms with E-state index in [1.807, 2.05) is 13.8 Å². The number of rotatable bonds is 19. The van der Waals surface area contributed by atoms with Crippen LogP contribution in [0, 0.1) is 11.3 Å². The maximum atomic E-state index is 11.9. The molecule has 0 saturated heterocycles. The minimum Gasteiger partial charge on any atom is -0.480 e. The first-order valence-electron chi connectivity index (χ1n) is 13.9. The van der Waals surface area contributed by atoms with E-state index >= 15 is 0 Å². The Balaban J connectivity index is 0. The van der Waals surface area contributed by atoms with Crippen molar-refractivity contribution in [3.63, 3.8) is 0 Å². The van der Waals surface area contributed by atoms with E-state index in [9.17, 15) is 9.59 Å². The predicted octanol–water partition coefficient (Wildman–Crippen LogP) is 4.56. The Bertz CT molecular complexity index is 839. The second-order valence-corrected chi connectivity index (χ2v) is 9.78. The second kappa shape index (κ2) is 26.2. The molecule has 0 spiro atoms. The summed E-state index contributed by atoms with van der Waals surface area (Å²) in [4.78, 5) is 24.7. The van der Waals surface area contributed by atoms with Crippen LogP contribution in [-0.4, -0.2) is 53.7 Å². The van der Waals surface area contributed by atoms with Gasteiger partial charge in [-0.1, -0.05) is 81.5 Å². The zero-order chi connectivity index (χ0) is 29.9. The molecule has 0 aromatic carbocycles. The van der Waals surface area contributed by atoms with Gasteiger partial charge in [-0.05, 0) is 57.3 Å². The first kappa shape index (κ1) is 37.7. The van der Waals surface area contributed by atoms with Crippen molar-refractivity contribution in [2.75, 3.05) is 14.1 Å². The Morgan fingerprint density at radius 2 is 1.38 bits per heavy atom. The summed E-state index contributed by atoms with van der Waals surface area (Å²) in [5.41, 5.74) is 5.16. The second-order valence-electron chi connectivity index (χ2n) is 9.78. The van der Waals surface area contributed by atoms with Gasteiger partial charge in [0.1, 0.15) is 18.3 Å². The van der Waals surface area contributed by atoms with E-state index in [2.05, 4.69) is 73.0 Å². The van der Waals surface area contributed by atoms with Gasteiger partial charge < -0.3 is 15.3 Å². The third-order valence-corrected chi connectivity index (χ3v) is 5.18. The van der Waals surface area contributed by atoms with Gasteiger partial charge in [0.05, 0.1) is 0 Å². The number of carbonyl (C=O) groups excluding carboxylic acids is 1. The SMILES string of the molecule is CC/C=C\C/C=C\C/C=C\C/C=C\C/C=C\CCCC(=O)N[C@@H](CC(C)C)C(=O)O.CN(C)C(=N)CC(N)=[NH2+]. The van der Waals surface area contributed by atoms with Crippen molar-refractivity contribution in [2.24, 2.45) is 11.7 Å². The van der Waals surface area contributed by atoms with E-state index in [0.29, 0.717) is 25.1 Å². The van der Waals surface area contributed by atoms with Gasteiger partial charge in [0.2, 0.25) is 11.7 Å². The molecule has 0 unspecified atom stereocenters. The number of aliphatic carboxylic acids is 1. The summed E-state index contributed by atoms with van der Waals surface area (Å²) in [7, 11) is 3.57. The molecule has 8 heteroatoms. The van der Waals surface area contributed by atoms with Crippen molar-refractivity contribution in [1.29, 1.82) is 5.41 Å². The lowest BCUT2D eigenvalue weighted by Crippen LogP contribution is -2.47. The molecule has 0 rings (SSSR count). The summed E-state index contributed by atoms with van der Waals surface area (Å²) in [6.45, 7) is 6.04. The van der Waals surface area contributed by atoms with Crippen molar-refractivity contribution < 1.29 is 20.1 Å². The van der Waals surface area contributed by atoms with Crippen molar-refractivity contribution in [2.45, 2.75) is 91.0 Å². The number of nitrogens with two attached hydrogens (primary N) is 2. The van der Waals surface area contributed by atoms with Gasteiger partial charge in [0, 0.05) is 20.5 Å². The molecule has 0 fully saturated rings. The molecule has 1 atom stereocenters. The van der Waals surface area contributed by atoms with Crippen LogP contribution in [0.2, 0.25) is 0 Å². The Kier molecular flexibility index (Phi) is 25.3. The van der Waals surface area contributed by atoms with Crippen LogP contribution in [-0.2, 0) is 9.59 Å². The summed E-state index contributed by atoms with van der Waals surface area (Å²) in [6.07, 6.45) is 29.2. The van der Waals surface area contributed by atoms with Crippen LogP contribution in [0.3, 0.4) is 0 Å². The molecule has 0 aromatic heterocycles. The Morgan fingerprint density at radius 1 is 0.923 bits per heavy atom. The molecular weight excluding hydrogens is 490 g/mol. The van der Waals surface area contributed by atoms with Gasteiger partial charge in [0.15, 0.2) is 0 Å². The first-order chi connectivity index (χ1) is 18.5. The fraction of sp³-hybridized carbons (Fsp3) is 0.548. The van der Waals surface area contributed by atoms with E-state index in [4.69, 9.17) is 21.7 Å². The number of hydrogen-bond acceptors (Lipinski definition) is 3. The largest absolute Gasteiger partial charge is 0.480 e. The van der Waals surface area contributed by atoms with Gasteiger partial charge >= 0.3 is 5.97 Å². The van der Waals surface area contributed by atoms with Crippen molar-refractivity contribution >= 4 is 23.5 Å². The number of hydrogen-bond donors (Lipinski definition) is 5. The standard InChI is InChI=1S/C26H41NO3.C5H12N4/c1-4-5-6-7-8-9-10-11-12-13-14-15-16-17-18-19-20-21-25(28)27-24(26(29)30)22-23(2)3;1-9(2)5(8)3-4(6)7/h5-6,8-9,11-12,14-15,17-18,23-24H,4,7,10,13,16,19-22H2,1-3H3,(H,27,28)(H,29,30);8H,3H2,1-2H3,(H3,6,7)/p+1/b6-5-,9-8-,12-11-,15-14-,18-17-;/t24-;/m0./s1. The monoisotopic (exact) mass is 544 g/mol. The summed E-state index contributed by atoms with van der Waals surface area (Å²) in [6, 6.07) is -0.786. The lowest BCUT2D eigenvalue weighted by atomic mass is 10.0. The number of carboxylic acids is 1. The van der Waals surface area contributed by atoms with Crippen molar-refractivity contribution in [3.8, 4) is 0 Å². The number of amidine groups is 2. The number of unbranched alkanes of at least 4 members (excludes halogenated alkanes) is 1. The van der Waals surface area contributed by atoms with Crippen molar-refractivity contribution in [3.05, 3.63) is 60.8 Å². The van der Waals surface area contributed by atoms with Gasteiger partial charge in [-0.25, -0.2) is 4.79 Å². The summed E-state index contributed by atoms with van der Waals surface area (Å²) >= 11 is 0. The Labute approximate surface area is 236 Å². The maximum Gasteiger partial charge on any atom is 0.326 e. The van der Waals surface area contributed by atoms with Crippen LogP contribution < -0.4 is 16.5 Å². The van der Waals surface area contributed by atoms with E-state index in [-0.39, 0.29) is 17.7 Å². The number of nitrogens with zero attached hydrogens (tertiary/aromatic N) is 1. The van der Waals surface area contributed by atoms with Gasteiger partial charge in [-0.15, -0.1) is 0 Å². The molecule has 8 nitrogen and oxygen atoms in total. The van der Waals surface area contributed by atoms with E-state index in [0.717, 1.165) is 44.9 Å². The van der Waals surface area contributed by atoms with Crippen LogP contribution in [0.1, 0.15) is 85.0 Å². The lowest BCUT2D eigenvalue weighted by molar-refractivity contribution is -0.142. The molecule has 0 heterocycles. The van der Waals surface area contributed by atoms with E-state index < -0.39 is 12.0 Å². The van der Waals surface area contributed by atoms with Crippen LogP contribution in [0.15, 0.2) is 60.8 Å². The molecule has 0 saturated carbocycles. The molecule has 0 aromatic rings. The molecule has 0 aliphatic carbocycles. The minimum absolute atomic E-state index is 0.185. The average molecular weight is 545 g/mol. The molecule has 39 heavy (non-hydrogen) atoms. The smallest absolute Gasteiger partial charge is 0.326 e. The number of carboxylic acid groups (broad SMARTS) is 1. The molecule has 0 aliphatic heterocycles. The molecule has 220 valence electrons. The van der Waals surface area contributed by atoms with E-state index in [1.165, 1.54) is 0 Å². The fourth-order valence-electron chi connectivity index (χ4n) is 3.06. The topological polar surface area (TPSA) is 145 Å². The maximum absolute atomic E-state index is 11.9. The Morgan fingerprint density at radius 3 is 1.74 bits per heavy atom. The highest BCUT2D eigenvalue weighted by Crippen LogP contribution is 2.06. The van der Waals surface area contributed by atoms with Gasteiger partial charge in [-0.3, -0.25) is 21.3 Å². The molecule has 0 bridgehead atoms. The summed E-state index contributed by atoms with van der Waals surface area (Å²) in [5, 5.41) is 24.1. The number of nitrogens with one attached hydrogen (secondary N) is 2. The summed E-state index contributed by atoms with van der Waals surface area (Å²) < 4.78 is 0. The molecule has 1 amide bonds. The van der Waals surface area contributed by atoms with E-state index in [1.54, 1.807) is 19.0 Å². The third kappa shape index (κ3) is 29.0. The molecule has 0 aliphatic rings. The Hall–Kier alpha value is -3.42. The van der Waals surface area contributed by atoms with Gasteiger partial charge in [-0.2, -0.15) is 0 Å². The normalized spacial score (nSPS) is 12.5. The van der Waals surface area contributed by atoms with Gasteiger partial charge in [0.25, 0.3) is 0 Å². The molecule has 0 radical (unpaired) electrons. The summed E-state index contributed by atoms with van der Waals surface area (Å²) in [5.74, 6) is -0.207. The number of amides is 1. The fourth-order valence-corrected chi connectivity index (χ4v) is 3.06. The minimum atomic E-state index is -0.963. The van der Waals surface area contributed by atoms with Crippen LogP contribution >= 0.6 is 0 Å². The highest BCUT2D eigenvalue weighted by atomic mass is 16.4. The van der Waals surface area contributed by atoms with Crippen LogP contribution in [0.25, 0.3) is 0 Å². The quantitative estimate of drug-likeness (QED) is 0.0701. The lowest BCUT2D eigenvalue weighted by Gasteiger charge is -2.16. The first-order valence-corrected chi connectivity index (χ1v) is 13.9. The average Bonchev–Trinajstić information content (AvgIpc) is 2.85. The predicted molar refractivity (Wildman–Crippen MR) is 164 cm³/mol. The number of carbonyl (C=O) groups is 2. The number of allylic oxidation sites excluding steroid dienone is 10. The zero-order valence-electron chi connectivity index (χ0n) is 24.9. The highest BCUT2D eigenvalue weighted by Gasteiger charge is 2.20.